The van der Waals surface area contributed by atoms with E-state index in [2.05, 4.69) is 6.58 Å². The summed E-state index contributed by atoms with van der Waals surface area (Å²) in [4.78, 5) is 12.7. The number of carbonyl (C=O) groups excluding carboxylic acids is 1. The molecule has 2 aliphatic carbocycles. The summed E-state index contributed by atoms with van der Waals surface area (Å²) in [6, 6.07) is 7.65. The van der Waals surface area contributed by atoms with Gasteiger partial charge in [0, 0.05) is 6.07 Å². The van der Waals surface area contributed by atoms with Crippen LogP contribution in [0.5, 0.6) is 11.5 Å². The molecule has 2 aromatic rings. The Hall–Kier alpha value is -2.80. The molecule has 200 valence electrons. The first kappa shape index (κ1) is 27.2. The quantitative estimate of drug-likeness (QED) is 0.229. The molecular weight excluding hydrogens is 481 g/mol. The molecule has 4 nitrogen and oxygen atoms in total. The monoisotopic (exact) mass is 516 g/mol. The molecule has 4 rings (SSSR count). The fourth-order valence-electron chi connectivity index (χ4n) is 5.77. The predicted molar refractivity (Wildman–Crippen MR) is 135 cm³/mol. The van der Waals surface area contributed by atoms with Gasteiger partial charge in [-0.3, -0.25) is 4.79 Å². The number of aliphatic hydroxyl groups is 1. The van der Waals surface area contributed by atoms with Crippen LogP contribution in [0.2, 0.25) is 0 Å². The number of halogens is 3. The van der Waals surface area contributed by atoms with Gasteiger partial charge in [-0.15, -0.1) is 0 Å². The SMILES string of the molecule is C=CCOc1ccc(C2CCC(C(=O)Oc3ccc(C4CCC(C(C)O)CC4)c(F)c3F)CC2)c(F)c1. The van der Waals surface area contributed by atoms with Crippen molar-refractivity contribution in [3.8, 4) is 11.5 Å². The molecule has 2 fully saturated rings. The third kappa shape index (κ3) is 6.38. The van der Waals surface area contributed by atoms with Crippen LogP contribution >= 0.6 is 0 Å². The van der Waals surface area contributed by atoms with Gasteiger partial charge in [0.15, 0.2) is 11.6 Å². The van der Waals surface area contributed by atoms with Crippen LogP contribution in [-0.2, 0) is 4.79 Å². The van der Waals surface area contributed by atoms with Gasteiger partial charge in [-0.2, -0.15) is 4.39 Å². The number of ether oxygens (including phenoxy) is 2. The van der Waals surface area contributed by atoms with Crippen molar-refractivity contribution in [2.24, 2.45) is 11.8 Å². The number of carbonyl (C=O) groups is 1. The van der Waals surface area contributed by atoms with Gasteiger partial charge in [-0.1, -0.05) is 24.8 Å². The molecule has 0 spiro atoms. The molecule has 1 unspecified atom stereocenters. The van der Waals surface area contributed by atoms with Crippen LogP contribution in [0.25, 0.3) is 0 Å². The van der Waals surface area contributed by atoms with Crippen molar-refractivity contribution in [3.63, 3.8) is 0 Å². The van der Waals surface area contributed by atoms with E-state index in [0.29, 0.717) is 62.0 Å². The topological polar surface area (TPSA) is 55.8 Å². The van der Waals surface area contributed by atoms with Gasteiger partial charge in [0.05, 0.1) is 12.0 Å². The summed E-state index contributed by atoms with van der Waals surface area (Å²) in [7, 11) is 0. The zero-order chi connectivity index (χ0) is 26.5. The number of benzene rings is 2. The van der Waals surface area contributed by atoms with Crippen LogP contribution in [0, 0.1) is 29.3 Å². The van der Waals surface area contributed by atoms with Crippen molar-refractivity contribution in [1.29, 1.82) is 0 Å². The lowest BCUT2D eigenvalue weighted by atomic mass is 9.77. The van der Waals surface area contributed by atoms with Crippen LogP contribution in [0.4, 0.5) is 13.2 Å². The lowest BCUT2D eigenvalue weighted by Crippen LogP contribution is -2.26. The summed E-state index contributed by atoms with van der Waals surface area (Å²) in [5.74, 6) is -3.41. The maximum absolute atomic E-state index is 14.9. The van der Waals surface area contributed by atoms with E-state index >= 15 is 0 Å². The highest BCUT2D eigenvalue weighted by atomic mass is 19.2. The molecule has 7 heteroatoms. The minimum atomic E-state index is -1.14. The summed E-state index contributed by atoms with van der Waals surface area (Å²) < 4.78 is 55.0. The Bertz CT molecular complexity index is 1100. The average molecular weight is 517 g/mol. The third-order valence-corrected chi connectivity index (χ3v) is 8.02. The molecule has 0 amide bonds. The average Bonchev–Trinajstić information content (AvgIpc) is 2.90. The highest BCUT2D eigenvalue weighted by molar-refractivity contribution is 5.75. The minimum absolute atomic E-state index is 0.0325. The number of rotatable bonds is 8. The van der Waals surface area contributed by atoms with Gasteiger partial charge in [0.1, 0.15) is 18.2 Å². The van der Waals surface area contributed by atoms with E-state index in [-0.39, 0.29) is 23.6 Å². The summed E-state index contributed by atoms with van der Waals surface area (Å²) in [6.45, 7) is 5.63. The lowest BCUT2D eigenvalue weighted by Gasteiger charge is -2.30. The number of aliphatic hydroxyl groups excluding tert-OH is 1. The Kier molecular flexibility index (Phi) is 8.95. The first-order chi connectivity index (χ1) is 17.8. The van der Waals surface area contributed by atoms with Crippen LogP contribution in [0.1, 0.15) is 81.3 Å². The zero-order valence-electron chi connectivity index (χ0n) is 21.2. The third-order valence-electron chi connectivity index (χ3n) is 8.02. The predicted octanol–water partition coefficient (Wildman–Crippen LogP) is 7.20. The van der Waals surface area contributed by atoms with Crippen LogP contribution < -0.4 is 9.47 Å². The molecule has 2 aliphatic rings. The summed E-state index contributed by atoms with van der Waals surface area (Å²) >= 11 is 0. The lowest BCUT2D eigenvalue weighted by molar-refractivity contribution is -0.140. The molecule has 0 saturated heterocycles. The molecule has 2 aromatic carbocycles. The van der Waals surface area contributed by atoms with Gasteiger partial charge < -0.3 is 14.6 Å². The van der Waals surface area contributed by atoms with E-state index < -0.39 is 35.4 Å². The van der Waals surface area contributed by atoms with Crippen LogP contribution in [0.3, 0.4) is 0 Å². The molecule has 1 atom stereocenters. The maximum Gasteiger partial charge on any atom is 0.314 e. The second-order valence-electron chi connectivity index (χ2n) is 10.4. The van der Waals surface area contributed by atoms with Crippen molar-refractivity contribution in [3.05, 3.63) is 71.6 Å². The number of hydrogen-bond donors (Lipinski definition) is 1. The van der Waals surface area contributed by atoms with Gasteiger partial charge in [0.25, 0.3) is 0 Å². The van der Waals surface area contributed by atoms with Gasteiger partial charge >= 0.3 is 5.97 Å². The van der Waals surface area contributed by atoms with Gasteiger partial charge in [0.2, 0.25) is 5.82 Å². The largest absolute Gasteiger partial charge is 0.489 e. The zero-order valence-corrected chi connectivity index (χ0v) is 21.2. The van der Waals surface area contributed by atoms with Crippen molar-refractivity contribution < 1.29 is 32.5 Å². The molecule has 37 heavy (non-hydrogen) atoms. The molecule has 0 heterocycles. The molecule has 0 aliphatic heterocycles. The van der Waals surface area contributed by atoms with Gasteiger partial charge in [-0.25, -0.2) is 8.78 Å². The second kappa shape index (κ2) is 12.2. The highest BCUT2D eigenvalue weighted by Gasteiger charge is 2.32. The van der Waals surface area contributed by atoms with E-state index in [4.69, 9.17) is 9.47 Å². The Labute approximate surface area is 216 Å². The van der Waals surface area contributed by atoms with Crippen molar-refractivity contribution in [2.75, 3.05) is 6.61 Å². The fraction of sp³-hybridized carbons (Fsp3) is 0.500. The molecule has 0 aromatic heterocycles. The normalized spacial score (nSPS) is 24.8. The molecule has 1 N–H and O–H groups in total. The van der Waals surface area contributed by atoms with E-state index in [9.17, 15) is 23.1 Å². The van der Waals surface area contributed by atoms with Gasteiger partial charge in [-0.05, 0) is 99.3 Å². The van der Waals surface area contributed by atoms with E-state index in [0.717, 1.165) is 12.8 Å². The van der Waals surface area contributed by atoms with Crippen LogP contribution in [0.15, 0.2) is 43.0 Å². The Balaban J connectivity index is 1.33. The minimum Gasteiger partial charge on any atom is -0.489 e. The fourth-order valence-corrected chi connectivity index (χ4v) is 5.77. The number of esters is 1. The van der Waals surface area contributed by atoms with Crippen molar-refractivity contribution in [2.45, 2.75) is 76.2 Å². The molecular formula is C30H35F3O4. The smallest absolute Gasteiger partial charge is 0.314 e. The maximum atomic E-state index is 14.9. The summed E-state index contributed by atoms with van der Waals surface area (Å²) in [6.07, 6.45) is 6.22. The first-order valence-corrected chi connectivity index (χ1v) is 13.2. The Morgan fingerprint density at radius 2 is 1.59 bits per heavy atom. The standard InChI is InChI=1S/C30H35F3O4/c1-3-16-36-23-12-13-24(26(31)17-23)20-8-10-22(11-9-20)30(35)37-27-15-14-25(28(32)29(27)33)21-6-4-19(5-7-21)18(2)34/h3,12-15,17-22,34H,1,4-11,16H2,2H3. The Morgan fingerprint density at radius 3 is 2.22 bits per heavy atom. The summed E-state index contributed by atoms with van der Waals surface area (Å²) in [5.41, 5.74) is 0.883. The first-order valence-electron chi connectivity index (χ1n) is 13.2. The Morgan fingerprint density at radius 1 is 0.973 bits per heavy atom. The van der Waals surface area contributed by atoms with E-state index in [1.165, 1.54) is 18.2 Å². The van der Waals surface area contributed by atoms with E-state index in [1.807, 2.05) is 0 Å². The highest BCUT2D eigenvalue weighted by Crippen LogP contribution is 2.41. The summed E-state index contributed by atoms with van der Waals surface area (Å²) in [5, 5.41) is 9.77. The van der Waals surface area contributed by atoms with E-state index in [1.54, 1.807) is 25.1 Å². The second-order valence-corrected chi connectivity index (χ2v) is 10.4. The van der Waals surface area contributed by atoms with Crippen LogP contribution in [-0.4, -0.2) is 23.8 Å². The molecule has 0 bridgehead atoms. The number of hydrogen-bond acceptors (Lipinski definition) is 4. The van der Waals surface area contributed by atoms with Crippen molar-refractivity contribution >= 4 is 5.97 Å². The molecule has 2 saturated carbocycles. The van der Waals surface area contributed by atoms with Crippen molar-refractivity contribution in [1.82, 2.24) is 0 Å². The molecule has 0 radical (unpaired) electrons.